The third-order valence-electron chi connectivity index (χ3n) is 5.35. The first-order chi connectivity index (χ1) is 16.0. The van der Waals surface area contributed by atoms with E-state index in [9.17, 15) is 14.9 Å². The minimum atomic E-state index is -0.749. The number of halogens is 1. The van der Waals surface area contributed by atoms with Crippen LogP contribution in [0.25, 0.3) is 0 Å². The number of nitrogens with zero attached hydrogens (tertiary/aromatic N) is 3. The molecule has 0 fully saturated rings. The van der Waals surface area contributed by atoms with Crippen molar-refractivity contribution < 1.29 is 9.59 Å². The molecule has 0 saturated heterocycles. The Bertz CT molecular complexity index is 1250. The van der Waals surface area contributed by atoms with E-state index in [1.807, 2.05) is 48.5 Å². The highest BCUT2D eigenvalue weighted by Gasteiger charge is 2.35. The number of hydrogen-bond donors (Lipinski definition) is 2. The van der Waals surface area contributed by atoms with Crippen LogP contribution in [0.3, 0.4) is 0 Å². The number of carbonyl (C=O) groups excluding carboxylic acids is 2. The molecule has 0 aromatic heterocycles. The molecule has 33 heavy (non-hydrogen) atoms. The van der Waals surface area contributed by atoms with Crippen LogP contribution in [-0.2, 0) is 9.59 Å². The van der Waals surface area contributed by atoms with Gasteiger partial charge in [-0.1, -0.05) is 66.2 Å². The van der Waals surface area contributed by atoms with Crippen molar-refractivity contribution in [2.75, 3.05) is 10.3 Å². The van der Waals surface area contributed by atoms with Crippen LogP contribution < -0.4 is 16.1 Å². The number of rotatable bonds is 6. The zero-order valence-electron chi connectivity index (χ0n) is 17.5. The number of benzene rings is 3. The average Bonchev–Trinajstić information content (AvgIpc) is 3.28. The number of carbonyl (C=O) groups is 2. The molecule has 2 unspecified atom stereocenters. The summed E-state index contributed by atoms with van der Waals surface area (Å²) in [5.74, 6) is -1.55. The Labute approximate surface area is 196 Å². The van der Waals surface area contributed by atoms with Crippen molar-refractivity contribution in [3.8, 4) is 6.07 Å². The van der Waals surface area contributed by atoms with Crippen molar-refractivity contribution in [1.82, 2.24) is 0 Å². The van der Waals surface area contributed by atoms with Gasteiger partial charge in [0.05, 0.1) is 17.7 Å². The minimum absolute atomic E-state index is 0.0897. The van der Waals surface area contributed by atoms with Crippen LogP contribution in [0.5, 0.6) is 0 Å². The van der Waals surface area contributed by atoms with Crippen LogP contribution in [-0.4, -0.2) is 23.6 Å². The first-order valence-electron chi connectivity index (χ1n) is 10.2. The van der Waals surface area contributed by atoms with E-state index in [4.69, 9.17) is 17.3 Å². The van der Waals surface area contributed by atoms with E-state index in [-0.39, 0.29) is 12.1 Å². The van der Waals surface area contributed by atoms with E-state index < -0.39 is 23.8 Å². The van der Waals surface area contributed by atoms with Crippen molar-refractivity contribution in [1.29, 1.82) is 5.26 Å². The number of para-hydroxylation sites is 1. The molecule has 3 aromatic rings. The van der Waals surface area contributed by atoms with Crippen molar-refractivity contribution in [3.05, 3.63) is 95.0 Å². The van der Waals surface area contributed by atoms with Gasteiger partial charge in [0.2, 0.25) is 5.91 Å². The second-order valence-electron chi connectivity index (χ2n) is 7.51. The Hall–Kier alpha value is -4.15. The van der Waals surface area contributed by atoms with E-state index in [0.29, 0.717) is 22.0 Å². The van der Waals surface area contributed by atoms with Crippen LogP contribution in [0.1, 0.15) is 23.5 Å². The summed E-state index contributed by atoms with van der Waals surface area (Å²) in [5.41, 5.74) is 8.31. The minimum Gasteiger partial charge on any atom is -0.368 e. The van der Waals surface area contributed by atoms with E-state index >= 15 is 0 Å². The summed E-state index contributed by atoms with van der Waals surface area (Å²) < 4.78 is 0. The molecule has 7 nitrogen and oxygen atoms in total. The highest BCUT2D eigenvalue weighted by molar-refractivity contribution is 6.44. The molecule has 4 rings (SSSR count). The van der Waals surface area contributed by atoms with E-state index in [1.54, 1.807) is 30.3 Å². The monoisotopic (exact) mass is 457 g/mol. The standard InChI is InChI=1S/C25H20ClN5O2/c26-21-13-17(11-12-19(21)20(15-27)16-7-3-1-4-8-16)29-25(33)22-14-23(24(28)32)31(30-22)18-9-5-2-6-10-18/h1-13,20,23H,14H2,(H2,28,32)(H,29,33). The quantitative estimate of drug-likeness (QED) is 0.581. The third kappa shape index (κ3) is 4.71. The van der Waals surface area contributed by atoms with E-state index in [0.717, 1.165) is 5.56 Å². The molecule has 8 heteroatoms. The average molecular weight is 458 g/mol. The molecule has 0 saturated carbocycles. The highest BCUT2D eigenvalue weighted by atomic mass is 35.5. The Morgan fingerprint density at radius 1 is 1.09 bits per heavy atom. The molecule has 2 amide bonds. The summed E-state index contributed by atoms with van der Waals surface area (Å²) in [7, 11) is 0. The van der Waals surface area contributed by atoms with Gasteiger partial charge in [0.1, 0.15) is 11.8 Å². The second-order valence-corrected chi connectivity index (χ2v) is 7.92. The number of amides is 2. The topological polar surface area (TPSA) is 112 Å². The maximum Gasteiger partial charge on any atom is 0.271 e. The summed E-state index contributed by atoms with van der Waals surface area (Å²) >= 11 is 6.46. The Morgan fingerprint density at radius 2 is 1.76 bits per heavy atom. The van der Waals surface area contributed by atoms with Crippen molar-refractivity contribution >= 4 is 40.5 Å². The Balaban J connectivity index is 1.53. The Morgan fingerprint density at radius 3 is 2.36 bits per heavy atom. The lowest BCUT2D eigenvalue weighted by molar-refractivity contribution is -0.119. The number of primary amides is 1. The van der Waals surface area contributed by atoms with Gasteiger partial charge >= 0.3 is 0 Å². The summed E-state index contributed by atoms with van der Waals surface area (Å²) in [5, 5.41) is 18.6. The largest absolute Gasteiger partial charge is 0.368 e. The molecule has 0 spiro atoms. The normalized spacial score (nSPS) is 15.9. The maximum absolute atomic E-state index is 12.9. The van der Waals surface area contributed by atoms with Crippen LogP contribution in [0.2, 0.25) is 5.02 Å². The lowest BCUT2D eigenvalue weighted by Crippen LogP contribution is -2.39. The van der Waals surface area contributed by atoms with Gasteiger partial charge in [0, 0.05) is 17.1 Å². The Kier molecular flexibility index (Phi) is 6.38. The molecular formula is C25H20ClN5O2. The SMILES string of the molecule is N#CC(c1ccccc1)c1ccc(NC(=O)C2=NN(c3ccccc3)C(C(N)=O)C2)cc1Cl. The van der Waals surface area contributed by atoms with Gasteiger partial charge in [0.15, 0.2) is 0 Å². The fraction of sp³-hybridized carbons (Fsp3) is 0.120. The zero-order valence-corrected chi connectivity index (χ0v) is 18.2. The lowest BCUT2D eigenvalue weighted by atomic mass is 9.92. The summed E-state index contributed by atoms with van der Waals surface area (Å²) in [4.78, 5) is 24.8. The molecule has 164 valence electrons. The molecule has 2 atom stereocenters. The number of hydrazone groups is 1. The summed E-state index contributed by atoms with van der Waals surface area (Å²) in [6, 6.07) is 24.9. The summed E-state index contributed by atoms with van der Waals surface area (Å²) in [6.45, 7) is 0. The second kappa shape index (κ2) is 9.55. The predicted octanol–water partition coefficient (Wildman–Crippen LogP) is 4.05. The van der Waals surface area contributed by atoms with Gasteiger partial charge in [0.25, 0.3) is 5.91 Å². The molecule has 3 N–H and O–H groups in total. The first-order valence-corrected chi connectivity index (χ1v) is 10.6. The van der Waals surface area contributed by atoms with E-state index in [1.165, 1.54) is 5.01 Å². The maximum atomic E-state index is 12.9. The van der Waals surface area contributed by atoms with Crippen LogP contribution in [0.4, 0.5) is 11.4 Å². The number of nitrogens with one attached hydrogen (secondary N) is 1. The number of nitriles is 1. The van der Waals surface area contributed by atoms with Gasteiger partial charge in [-0.25, -0.2) is 0 Å². The molecule has 0 radical (unpaired) electrons. The van der Waals surface area contributed by atoms with Gasteiger partial charge in [-0.15, -0.1) is 0 Å². The molecule has 0 bridgehead atoms. The fourth-order valence-electron chi connectivity index (χ4n) is 3.70. The third-order valence-corrected chi connectivity index (χ3v) is 5.68. The van der Waals surface area contributed by atoms with Crippen molar-refractivity contribution in [2.24, 2.45) is 10.8 Å². The molecule has 1 heterocycles. The molecule has 1 aliphatic rings. The molecule has 0 aliphatic carbocycles. The van der Waals surface area contributed by atoms with Gasteiger partial charge in [-0.2, -0.15) is 10.4 Å². The van der Waals surface area contributed by atoms with Gasteiger partial charge in [-0.05, 0) is 35.4 Å². The smallest absolute Gasteiger partial charge is 0.271 e. The van der Waals surface area contributed by atoms with Crippen LogP contribution >= 0.6 is 11.6 Å². The zero-order chi connectivity index (χ0) is 23.4. The molecular weight excluding hydrogens is 438 g/mol. The number of hydrogen-bond acceptors (Lipinski definition) is 5. The van der Waals surface area contributed by atoms with Gasteiger partial charge < -0.3 is 11.1 Å². The highest BCUT2D eigenvalue weighted by Crippen LogP contribution is 2.32. The molecule has 3 aromatic carbocycles. The van der Waals surface area contributed by atoms with Crippen LogP contribution in [0, 0.1) is 11.3 Å². The van der Waals surface area contributed by atoms with Crippen molar-refractivity contribution in [3.63, 3.8) is 0 Å². The van der Waals surface area contributed by atoms with Crippen LogP contribution in [0.15, 0.2) is 84.0 Å². The first kappa shape index (κ1) is 22.1. The van der Waals surface area contributed by atoms with E-state index in [2.05, 4.69) is 16.5 Å². The fourth-order valence-corrected chi connectivity index (χ4v) is 3.99. The number of nitrogens with two attached hydrogens (primary N) is 1. The van der Waals surface area contributed by atoms with Gasteiger partial charge in [-0.3, -0.25) is 14.6 Å². The van der Waals surface area contributed by atoms with Crippen molar-refractivity contribution in [2.45, 2.75) is 18.4 Å². The summed E-state index contributed by atoms with van der Waals surface area (Å²) in [6.07, 6.45) is 0.0897. The lowest BCUT2D eigenvalue weighted by Gasteiger charge is -2.20. The predicted molar refractivity (Wildman–Crippen MR) is 128 cm³/mol. The molecule has 1 aliphatic heterocycles. The number of anilines is 2.